The van der Waals surface area contributed by atoms with Crippen LogP contribution in [0.15, 0.2) is 65.4 Å². The molecule has 5 rings (SSSR count). The number of ketones is 1. The fourth-order valence-corrected chi connectivity index (χ4v) is 4.63. The number of aromatic nitrogens is 4. The number of fused-ring (bicyclic) bond motifs is 1. The van der Waals surface area contributed by atoms with Crippen molar-refractivity contribution in [1.29, 1.82) is 0 Å². The summed E-state index contributed by atoms with van der Waals surface area (Å²) < 4.78 is 5.27. The van der Waals surface area contributed by atoms with E-state index in [1.807, 2.05) is 35.2 Å². The summed E-state index contributed by atoms with van der Waals surface area (Å²) in [6, 6.07) is 14.5. The van der Waals surface area contributed by atoms with Crippen LogP contribution < -0.4 is 4.90 Å². The van der Waals surface area contributed by atoms with Gasteiger partial charge in [-0.3, -0.25) is 4.79 Å². The number of hydrogen-bond donors (Lipinski definition) is 0. The molecule has 0 saturated carbocycles. The maximum Gasteiger partial charge on any atom is 0.295 e. The fourth-order valence-electron chi connectivity index (χ4n) is 3.74. The highest BCUT2D eigenvalue weighted by Gasteiger charge is 2.43. The second-order valence-electron chi connectivity index (χ2n) is 7.19. The number of nitrogens with zero attached hydrogens (tertiary/aromatic N) is 5. The number of alkyl halides is 1. The third kappa shape index (κ3) is 3.72. The number of rotatable bonds is 5. The Kier molecular flexibility index (Phi) is 5.55. The Bertz CT molecular complexity index is 1300. The van der Waals surface area contributed by atoms with Crippen LogP contribution in [0.2, 0.25) is 10.0 Å². The van der Waals surface area contributed by atoms with Crippen LogP contribution in [-0.2, 0) is 6.54 Å². The smallest absolute Gasteiger partial charge is 0.295 e. The molecule has 0 aliphatic carbocycles. The lowest BCUT2D eigenvalue weighted by Gasteiger charge is -2.25. The van der Waals surface area contributed by atoms with E-state index >= 15 is 0 Å². The molecule has 0 fully saturated rings. The first kappa shape index (κ1) is 20.9. The molecular formula is C22H14Cl3N5O2. The van der Waals surface area contributed by atoms with Crippen molar-refractivity contribution in [2.45, 2.75) is 18.0 Å². The number of carbonyl (C=O) groups is 1. The maximum absolute atomic E-state index is 13.4. The second kappa shape index (κ2) is 8.50. The van der Waals surface area contributed by atoms with Crippen LogP contribution in [-0.4, -0.2) is 31.6 Å². The van der Waals surface area contributed by atoms with Gasteiger partial charge in [0, 0.05) is 27.8 Å². The number of Topliss-reactive ketones (excluding diaryl/α,β-unsaturated/α-hetero) is 1. The molecule has 2 aromatic heterocycles. The topological polar surface area (TPSA) is 85.0 Å². The molecule has 0 saturated heterocycles. The summed E-state index contributed by atoms with van der Waals surface area (Å²) in [7, 11) is 0. The first-order valence-corrected chi connectivity index (χ1v) is 10.8. The molecule has 0 spiro atoms. The van der Waals surface area contributed by atoms with Gasteiger partial charge >= 0.3 is 0 Å². The van der Waals surface area contributed by atoms with E-state index in [0.717, 1.165) is 16.8 Å². The summed E-state index contributed by atoms with van der Waals surface area (Å²) in [5, 5.41) is 12.5. The summed E-state index contributed by atoms with van der Waals surface area (Å²) in [4.78, 5) is 19.6. The van der Waals surface area contributed by atoms with Gasteiger partial charge < -0.3 is 9.42 Å². The number of carbonyl (C=O) groups excluding carboxylic acids is 1. The van der Waals surface area contributed by atoms with Crippen molar-refractivity contribution in [3.63, 3.8) is 0 Å². The van der Waals surface area contributed by atoms with E-state index in [9.17, 15) is 4.79 Å². The largest absolute Gasteiger partial charge is 0.349 e. The average molecular weight is 487 g/mol. The normalized spacial score (nSPS) is 17.4. The minimum atomic E-state index is -0.692. The van der Waals surface area contributed by atoms with Gasteiger partial charge in [0.05, 0.1) is 18.3 Å². The van der Waals surface area contributed by atoms with Gasteiger partial charge in [0.15, 0.2) is 0 Å². The highest BCUT2D eigenvalue weighted by molar-refractivity contribution is 6.35. The number of hydrogen-bond acceptors (Lipinski definition) is 7. The van der Waals surface area contributed by atoms with Gasteiger partial charge in [-0.2, -0.15) is 15.2 Å². The zero-order valence-electron chi connectivity index (χ0n) is 16.3. The number of anilines is 1. The minimum Gasteiger partial charge on any atom is -0.349 e. The Morgan fingerprint density at radius 1 is 1.09 bits per heavy atom. The molecule has 3 heterocycles. The Morgan fingerprint density at radius 2 is 1.94 bits per heavy atom. The lowest BCUT2D eigenvalue weighted by molar-refractivity contribution is 0.0917. The molecule has 2 atom stereocenters. The van der Waals surface area contributed by atoms with Gasteiger partial charge in [0.1, 0.15) is 5.50 Å². The quantitative estimate of drug-likeness (QED) is 0.212. The van der Waals surface area contributed by atoms with Crippen LogP contribution in [0.1, 0.15) is 27.7 Å². The van der Waals surface area contributed by atoms with E-state index in [4.69, 9.17) is 39.3 Å². The van der Waals surface area contributed by atoms with Crippen molar-refractivity contribution >= 4 is 46.3 Å². The van der Waals surface area contributed by atoms with E-state index < -0.39 is 11.4 Å². The van der Waals surface area contributed by atoms with Crippen LogP contribution in [0.5, 0.6) is 0 Å². The molecule has 2 aromatic carbocycles. The van der Waals surface area contributed by atoms with Crippen molar-refractivity contribution < 1.29 is 9.32 Å². The van der Waals surface area contributed by atoms with Crippen LogP contribution in [0.4, 0.5) is 5.69 Å². The van der Waals surface area contributed by atoms with Crippen molar-refractivity contribution in [3.05, 3.63) is 88.0 Å². The third-order valence-corrected chi connectivity index (χ3v) is 6.35. The van der Waals surface area contributed by atoms with Crippen molar-refractivity contribution in [2.75, 3.05) is 4.90 Å². The van der Waals surface area contributed by atoms with E-state index in [-0.39, 0.29) is 17.5 Å². The van der Waals surface area contributed by atoms with Gasteiger partial charge in [-0.15, -0.1) is 0 Å². The number of benzene rings is 2. The minimum absolute atomic E-state index is 0.117. The fraction of sp³-hybridized carbons (Fsp3) is 0.136. The highest BCUT2D eigenvalue weighted by atomic mass is 35.5. The van der Waals surface area contributed by atoms with Gasteiger partial charge in [-0.1, -0.05) is 64.2 Å². The van der Waals surface area contributed by atoms with Gasteiger partial charge in [-0.05, 0) is 35.4 Å². The zero-order valence-corrected chi connectivity index (χ0v) is 18.6. The monoisotopic (exact) mass is 485 g/mol. The van der Waals surface area contributed by atoms with Crippen LogP contribution >= 0.6 is 34.8 Å². The Hall–Kier alpha value is -3.00. The van der Waals surface area contributed by atoms with E-state index in [1.165, 1.54) is 12.4 Å². The molecule has 32 heavy (non-hydrogen) atoms. The molecule has 10 heteroatoms. The molecule has 0 radical (unpaired) electrons. The Balaban J connectivity index is 1.47. The summed E-state index contributed by atoms with van der Waals surface area (Å²) in [6.07, 6.45) is 3.00. The number of halogens is 3. The predicted molar refractivity (Wildman–Crippen MR) is 121 cm³/mol. The molecule has 7 nitrogen and oxygen atoms in total. The van der Waals surface area contributed by atoms with E-state index in [0.29, 0.717) is 22.2 Å². The van der Waals surface area contributed by atoms with Crippen LogP contribution in [0.25, 0.3) is 11.4 Å². The van der Waals surface area contributed by atoms with Crippen molar-refractivity contribution in [2.24, 2.45) is 0 Å². The summed E-state index contributed by atoms with van der Waals surface area (Å²) in [6.45, 7) is 0.405. The SMILES string of the molecule is O=C(c1nc(-c2ccnnc2)no1)C1c2ccccc2N(Cc2ccc(Cl)cc2Cl)C1Cl. The maximum atomic E-state index is 13.4. The summed E-state index contributed by atoms with van der Waals surface area (Å²) in [5.41, 5.74) is 2.39. The Morgan fingerprint density at radius 3 is 2.72 bits per heavy atom. The molecule has 0 N–H and O–H groups in total. The summed E-state index contributed by atoms with van der Waals surface area (Å²) >= 11 is 19.2. The predicted octanol–water partition coefficient (Wildman–Crippen LogP) is 5.39. The lowest BCUT2D eigenvalue weighted by Crippen LogP contribution is -2.32. The molecule has 4 aromatic rings. The van der Waals surface area contributed by atoms with Crippen molar-refractivity contribution in [1.82, 2.24) is 20.3 Å². The van der Waals surface area contributed by atoms with E-state index in [1.54, 1.807) is 18.2 Å². The van der Waals surface area contributed by atoms with Gasteiger partial charge in [0.25, 0.3) is 5.89 Å². The third-order valence-electron chi connectivity index (χ3n) is 5.27. The number of para-hydroxylation sites is 1. The molecule has 1 aliphatic heterocycles. The lowest BCUT2D eigenvalue weighted by atomic mass is 9.96. The molecule has 1 aliphatic rings. The molecule has 0 bridgehead atoms. The molecule has 160 valence electrons. The first-order chi connectivity index (χ1) is 15.5. The molecular weight excluding hydrogens is 473 g/mol. The van der Waals surface area contributed by atoms with Gasteiger partial charge in [0.2, 0.25) is 11.6 Å². The zero-order chi connectivity index (χ0) is 22.2. The molecule has 2 unspecified atom stereocenters. The highest BCUT2D eigenvalue weighted by Crippen LogP contribution is 2.45. The Labute approximate surface area is 197 Å². The van der Waals surface area contributed by atoms with Crippen LogP contribution in [0.3, 0.4) is 0 Å². The first-order valence-electron chi connectivity index (χ1n) is 9.61. The average Bonchev–Trinajstić information content (AvgIpc) is 3.40. The molecule has 0 amide bonds. The van der Waals surface area contributed by atoms with Gasteiger partial charge in [-0.25, -0.2) is 0 Å². The standard InChI is InChI=1S/C22H14Cl3N5O2/c23-14-6-5-13(16(24)9-14)11-30-17-4-2-1-3-15(17)18(20(30)25)19(31)22-28-21(29-32-22)12-7-8-26-27-10-12/h1-10,18,20H,11H2. The summed E-state index contributed by atoms with van der Waals surface area (Å²) in [5.74, 6) is -0.912. The van der Waals surface area contributed by atoms with Crippen molar-refractivity contribution in [3.8, 4) is 11.4 Å². The second-order valence-corrected chi connectivity index (χ2v) is 8.48. The van der Waals surface area contributed by atoms with Crippen LogP contribution in [0, 0.1) is 0 Å². The van der Waals surface area contributed by atoms with E-state index in [2.05, 4.69) is 20.3 Å².